The number of benzene rings is 2. The van der Waals surface area contributed by atoms with Gasteiger partial charge in [-0.15, -0.1) is 0 Å². The van der Waals surface area contributed by atoms with Gasteiger partial charge in [0.1, 0.15) is 0 Å². The number of nitrogens with one attached hydrogen (secondary N) is 2. The van der Waals surface area contributed by atoms with Crippen molar-refractivity contribution in [2.45, 2.75) is 11.4 Å². The van der Waals surface area contributed by atoms with Gasteiger partial charge in [-0.3, -0.25) is 4.55 Å². The summed E-state index contributed by atoms with van der Waals surface area (Å²) in [5, 5.41) is 5.61. The van der Waals surface area contributed by atoms with Crippen LogP contribution in [0, 0.1) is 0 Å². The van der Waals surface area contributed by atoms with Crippen molar-refractivity contribution < 1.29 is 17.8 Å². The molecule has 2 amide bonds. The molecule has 2 rings (SSSR count). The highest BCUT2D eigenvalue weighted by Crippen LogP contribution is 2.16. The van der Waals surface area contributed by atoms with Crippen LogP contribution in [0.4, 0.5) is 10.5 Å². The first-order chi connectivity index (χ1) is 10.4. The molecule has 0 atom stereocenters. The fourth-order valence-electron chi connectivity index (χ4n) is 1.73. The second-order valence-corrected chi connectivity index (χ2v) is 6.23. The zero-order valence-corrected chi connectivity index (χ0v) is 12.9. The standard InChI is InChI=1S/C14H13ClN2O4S/c15-13-7-2-1-4-10(13)9-16-14(18)17-11-5-3-6-12(8-11)22(19,20)21/h1-8H,9H2,(H2,16,17,18)(H,19,20,21). The Balaban J connectivity index is 2.00. The van der Waals surface area contributed by atoms with E-state index >= 15 is 0 Å². The fraction of sp³-hybridized carbons (Fsp3) is 0.0714. The minimum atomic E-state index is -4.31. The van der Waals surface area contributed by atoms with Gasteiger partial charge in [0.25, 0.3) is 10.1 Å². The highest BCUT2D eigenvalue weighted by molar-refractivity contribution is 7.85. The summed E-state index contributed by atoms with van der Waals surface area (Å²) in [6.45, 7) is 0.226. The van der Waals surface area contributed by atoms with Crippen LogP contribution in [-0.4, -0.2) is 19.0 Å². The van der Waals surface area contributed by atoms with Crippen LogP contribution in [0.3, 0.4) is 0 Å². The molecule has 22 heavy (non-hydrogen) atoms. The van der Waals surface area contributed by atoms with Gasteiger partial charge in [0.2, 0.25) is 0 Å². The summed E-state index contributed by atoms with van der Waals surface area (Å²) in [7, 11) is -4.31. The van der Waals surface area contributed by atoms with E-state index in [2.05, 4.69) is 10.6 Å². The van der Waals surface area contributed by atoms with Crippen LogP contribution >= 0.6 is 11.6 Å². The molecule has 2 aromatic carbocycles. The summed E-state index contributed by atoms with van der Waals surface area (Å²) in [6, 6.07) is 11.9. The maximum Gasteiger partial charge on any atom is 0.319 e. The minimum Gasteiger partial charge on any atom is -0.334 e. The van der Waals surface area contributed by atoms with Crippen LogP contribution in [0.15, 0.2) is 53.4 Å². The summed E-state index contributed by atoms with van der Waals surface area (Å²) in [4.78, 5) is 11.5. The Hall–Kier alpha value is -2.09. The number of carbonyl (C=O) groups excluding carboxylic acids is 1. The van der Waals surface area contributed by atoms with Crippen molar-refractivity contribution in [1.82, 2.24) is 5.32 Å². The van der Waals surface area contributed by atoms with Gasteiger partial charge >= 0.3 is 6.03 Å². The SMILES string of the molecule is O=C(NCc1ccccc1Cl)Nc1cccc(S(=O)(=O)O)c1. The number of carbonyl (C=O) groups is 1. The van der Waals surface area contributed by atoms with Gasteiger partial charge in [0.15, 0.2) is 0 Å². The molecule has 0 fully saturated rings. The minimum absolute atomic E-state index is 0.226. The largest absolute Gasteiger partial charge is 0.334 e. The maximum absolute atomic E-state index is 11.8. The number of hydrogen-bond acceptors (Lipinski definition) is 3. The molecule has 0 radical (unpaired) electrons. The second-order valence-electron chi connectivity index (χ2n) is 4.40. The third-order valence-electron chi connectivity index (χ3n) is 2.79. The lowest BCUT2D eigenvalue weighted by Crippen LogP contribution is -2.28. The summed E-state index contributed by atoms with van der Waals surface area (Å²) in [6.07, 6.45) is 0. The summed E-state index contributed by atoms with van der Waals surface area (Å²) in [5.41, 5.74) is 0.998. The molecule has 8 heteroatoms. The van der Waals surface area contributed by atoms with E-state index in [-0.39, 0.29) is 17.1 Å². The Kier molecular flexibility index (Phi) is 5.02. The van der Waals surface area contributed by atoms with Gasteiger partial charge in [-0.2, -0.15) is 8.42 Å². The lowest BCUT2D eigenvalue weighted by molar-refractivity contribution is 0.251. The predicted molar refractivity (Wildman–Crippen MR) is 83.6 cm³/mol. The molecule has 0 saturated heterocycles. The fourth-order valence-corrected chi connectivity index (χ4v) is 2.46. The van der Waals surface area contributed by atoms with Crippen LogP contribution in [0.1, 0.15) is 5.56 Å². The number of hydrogen-bond donors (Lipinski definition) is 3. The molecule has 0 bridgehead atoms. The van der Waals surface area contributed by atoms with E-state index in [0.717, 1.165) is 11.6 Å². The Labute approximate surface area is 132 Å². The number of urea groups is 1. The van der Waals surface area contributed by atoms with Gasteiger partial charge in [0.05, 0.1) is 4.90 Å². The first-order valence-electron chi connectivity index (χ1n) is 6.22. The van der Waals surface area contributed by atoms with Crippen molar-refractivity contribution in [1.29, 1.82) is 0 Å². The number of anilines is 1. The van der Waals surface area contributed by atoms with E-state index in [4.69, 9.17) is 16.2 Å². The number of rotatable bonds is 4. The van der Waals surface area contributed by atoms with Crippen LogP contribution in [0.25, 0.3) is 0 Å². The Morgan fingerprint density at radius 3 is 2.55 bits per heavy atom. The molecule has 0 aromatic heterocycles. The number of halogens is 1. The molecule has 0 aliphatic heterocycles. The van der Waals surface area contributed by atoms with Gasteiger partial charge in [-0.1, -0.05) is 35.9 Å². The van der Waals surface area contributed by atoms with Crippen molar-refractivity contribution in [3.8, 4) is 0 Å². The van der Waals surface area contributed by atoms with Crippen molar-refractivity contribution in [3.05, 3.63) is 59.1 Å². The normalized spacial score (nSPS) is 11.0. The summed E-state index contributed by atoms with van der Waals surface area (Å²) >= 11 is 5.97. The lowest BCUT2D eigenvalue weighted by Gasteiger charge is -2.09. The highest BCUT2D eigenvalue weighted by atomic mass is 35.5. The molecule has 2 aromatic rings. The van der Waals surface area contributed by atoms with Crippen molar-refractivity contribution in [2.75, 3.05) is 5.32 Å². The van der Waals surface area contributed by atoms with E-state index in [1.165, 1.54) is 18.2 Å². The molecule has 0 aliphatic carbocycles. The molecular formula is C14H13ClN2O4S. The van der Waals surface area contributed by atoms with Gasteiger partial charge in [0, 0.05) is 17.3 Å². The van der Waals surface area contributed by atoms with E-state index in [0.29, 0.717) is 5.02 Å². The summed E-state index contributed by atoms with van der Waals surface area (Å²) < 4.78 is 31.0. The van der Waals surface area contributed by atoms with Crippen LogP contribution in [0.5, 0.6) is 0 Å². The molecular weight excluding hydrogens is 328 g/mol. The number of amides is 2. The average Bonchev–Trinajstić information content (AvgIpc) is 2.46. The zero-order chi connectivity index (χ0) is 16.2. The Bertz CT molecular complexity index is 793. The van der Waals surface area contributed by atoms with Gasteiger partial charge < -0.3 is 10.6 Å². The van der Waals surface area contributed by atoms with Gasteiger partial charge in [-0.25, -0.2) is 4.79 Å². The highest BCUT2D eigenvalue weighted by Gasteiger charge is 2.10. The Morgan fingerprint density at radius 2 is 1.86 bits per heavy atom. The van der Waals surface area contributed by atoms with Crippen LogP contribution in [0.2, 0.25) is 5.02 Å². The van der Waals surface area contributed by atoms with E-state index < -0.39 is 16.1 Å². The first-order valence-corrected chi connectivity index (χ1v) is 8.04. The van der Waals surface area contributed by atoms with Crippen LogP contribution < -0.4 is 10.6 Å². The van der Waals surface area contributed by atoms with Crippen molar-refractivity contribution >= 4 is 33.4 Å². The topological polar surface area (TPSA) is 95.5 Å². The van der Waals surface area contributed by atoms with Crippen LogP contribution in [-0.2, 0) is 16.7 Å². The monoisotopic (exact) mass is 340 g/mol. The zero-order valence-electron chi connectivity index (χ0n) is 11.3. The first kappa shape index (κ1) is 16.3. The molecule has 3 N–H and O–H groups in total. The molecule has 0 aliphatic rings. The molecule has 116 valence electrons. The van der Waals surface area contributed by atoms with Crippen molar-refractivity contribution in [3.63, 3.8) is 0 Å². The average molecular weight is 341 g/mol. The third-order valence-corrected chi connectivity index (χ3v) is 4.01. The van der Waals surface area contributed by atoms with E-state index in [9.17, 15) is 13.2 Å². The van der Waals surface area contributed by atoms with E-state index in [1.807, 2.05) is 0 Å². The second kappa shape index (κ2) is 6.78. The Morgan fingerprint density at radius 1 is 1.14 bits per heavy atom. The smallest absolute Gasteiger partial charge is 0.319 e. The molecule has 6 nitrogen and oxygen atoms in total. The van der Waals surface area contributed by atoms with Gasteiger partial charge in [-0.05, 0) is 29.8 Å². The predicted octanol–water partition coefficient (Wildman–Crippen LogP) is 2.91. The van der Waals surface area contributed by atoms with Crippen molar-refractivity contribution in [2.24, 2.45) is 0 Å². The quantitative estimate of drug-likeness (QED) is 0.746. The molecule has 0 unspecified atom stereocenters. The maximum atomic E-state index is 11.8. The summed E-state index contributed by atoms with van der Waals surface area (Å²) in [5.74, 6) is 0. The lowest BCUT2D eigenvalue weighted by atomic mass is 10.2. The van der Waals surface area contributed by atoms with E-state index in [1.54, 1.807) is 24.3 Å². The molecule has 0 spiro atoms. The molecule has 0 saturated carbocycles. The third kappa shape index (κ3) is 4.45. The molecule has 0 heterocycles.